The Morgan fingerprint density at radius 1 is 1.00 bits per heavy atom. The predicted molar refractivity (Wildman–Crippen MR) is 266 cm³/mol. The summed E-state index contributed by atoms with van der Waals surface area (Å²) in [5, 5.41) is 27.6. The summed E-state index contributed by atoms with van der Waals surface area (Å²) in [6.07, 6.45) is 3.81. The van der Waals surface area contributed by atoms with E-state index in [-0.39, 0.29) is 83.4 Å². The van der Waals surface area contributed by atoms with Gasteiger partial charge in [-0.05, 0) is 99.9 Å². The van der Waals surface area contributed by atoms with Crippen molar-refractivity contribution in [2.45, 2.75) is 82.5 Å². The van der Waals surface area contributed by atoms with Gasteiger partial charge in [-0.2, -0.15) is 4.31 Å². The normalized spacial score (nSPS) is 20.3. The number of anilines is 2. The number of benzene rings is 3. The van der Waals surface area contributed by atoms with Gasteiger partial charge in [0.25, 0.3) is 5.91 Å². The third-order valence-corrected chi connectivity index (χ3v) is 16.7. The minimum Gasteiger partial charge on any atom is -0.479 e. The van der Waals surface area contributed by atoms with E-state index >= 15 is 0 Å². The number of thiophene rings is 1. The topological polar surface area (TPSA) is 254 Å². The van der Waals surface area contributed by atoms with E-state index in [2.05, 4.69) is 20.9 Å². The van der Waals surface area contributed by atoms with Gasteiger partial charge in [0.1, 0.15) is 17.7 Å². The minimum absolute atomic E-state index is 0.0133. The Balaban J connectivity index is 0.779. The molecule has 4 aliphatic heterocycles. The van der Waals surface area contributed by atoms with Crippen LogP contribution in [0.2, 0.25) is 5.02 Å². The van der Waals surface area contributed by atoms with Crippen LogP contribution in [0.3, 0.4) is 0 Å². The number of ether oxygens (including phenoxy) is 2. The number of halogens is 1. The quantitative estimate of drug-likeness (QED) is 0.0734. The lowest BCUT2D eigenvalue weighted by Gasteiger charge is -2.43. The van der Waals surface area contributed by atoms with E-state index in [0.29, 0.717) is 71.0 Å². The summed E-state index contributed by atoms with van der Waals surface area (Å²) in [4.78, 5) is 82.9. The molecule has 1 aromatic heterocycles. The lowest BCUT2D eigenvalue weighted by Crippen LogP contribution is -2.56. The van der Waals surface area contributed by atoms with Crippen LogP contribution < -0.4 is 20.7 Å². The van der Waals surface area contributed by atoms with E-state index in [4.69, 9.17) is 26.2 Å². The zero-order chi connectivity index (χ0) is 50.8. The number of likely N-dealkylation sites (tertiary alicyclic amines) is 1. The largest absolute Gasteiger partial charge is 0.479 e. The molecule has 19 nitrogen and oxygen atoms in total. The van der Waals surface area contributed by atoms with E-state index < -0.39 is 46.1 Å². The third-order valence-electron chi connectivity index (χ3n) is 12.9. The first-order valence-corrected chi connectivity index (χ1v) is 25.9. The number of piperidine rings is 2. The second-order valence-electron chi connectivity index (χ2n) is 18.7. The predicted octanol–water partition coefficient (Wildman–Crippen LogP) is 5.85. The highest BCUT2D eigenvalue weighted by molar-refractivity contribution is 7.88. The van der Waals surface area contributed by atoms with Crippen LogP contribution in [-0.2, 0) is 46.2 Å². The molecule has 0 spiro atoms. The van der Waals surface area contributed by atoms with Crippen LogP contribution in [0.25, 0.3) is 10.4 Å². The molecule has 22 heteroatoms. The van der Waals surface area contributed by atoms with Gasteiger partial charge in [-0.25, -0.2) is 18.0 Å². The van der Waals surface area contributed by atoms with Crippen molar-refractivity contribution < 1.29 is 56.9 Å². The van der Waals surface area contributed by atoms with Gasteiger partial charge in [-0.3, -0.25) is 24.2 Å². The Labute approximate surface area is 419 Å². The van der Waals surface area contributed by atoms with Crippen LogP contribution in [0.4, 0.5) is 17.1 Å². The van der Waals surface area contributed by atoms with Gasteiger partial charge in [-0.15, -0.1) is 11.3 Å². The number of aromatic carboxylic acids is 1. The number of hydrogen-bond donors (Lipinski definition) is 5. The maximum Gasteiger partial charge on any atom is 0.349 e. The summed E-state index contributed by atoms with van der Waals surface area (Å²) >= 11 is 7.34. The summed E-state index contributed by atoms with van der Waals surface area (Å²) < 4.78 is 40.3. The van der Waals surface area contributed by atoms with Gasteiger partial charge >= 0.3 is 11.9 Å². The van der Waals surface area contributed by atoms with Crippen LogP contribution in [0.1, 0.15) is 77.6 Å². The molecule has 0 saturated carbocycles. The van der Waals surface area contributed by atoms with Crippen LogP contribution in [0, 0.1) is 5.92 Å². The lowest BCUT2D eigenvalue weighted by atomic mass is 9.85. The molecule has 0 aliphatic carbocycles. The van der Waals surface area contributed by atoms with E-state index in [0.717, 1.165) is 23.3 Å². The average Bonchev–Trinajstić information content (AvgIpc) is 3.81. The maximum absolute atomic E-state index is 13.9. The molecular weight excluding hydrogens is 978 g/mol. The molecule has 3 unspecified atom stereocenters. The van der Waals surface area contributed by atoms with Crippen molar-refractivity contribution in [2.75, 3.05) is 50.0 Å². The standard InChI is InChI=1S/C49H54ClN7O12S2/c1-28-13-14-38(46(62)53-28)56-24-36-35(47(56)63)11-6-12-37(36)52-21-40(59)55-22-34(23-55)68-25-39(58)54-33-10-4-7-29(17-33)27-71(66,67)57-16-15-30(19-49(57,2)3)20-51-32-9-5-8-31(18-32)44-42(50)43(69-26-41(60)61)45(70-44)48(64)65/h4-12,17-18,20,28,30,34,38,52H,13-16,19,21-27H2,1-3H3,(H,53,62)(H,54,58)(H,60,61)(H,64,65)/b51-20+. The van der Waals surface area contributed by atoms with Crippen molar-refractivity contribution in [2.24, 2.45) is 10.9 Å². The Hall–Kier alpha value is -6.39. The summed E-state index contributed by atoms with van der Waals surface area (Å²) in [7, 11) is -3.81. The molecular formula is C49H54ClN7O12S2. The summed E-state index contributed by atoms with van der Waals surface area (Å²) in [6.45, 7) is 5.75. The van der Waals surface area contributed by atoms with Crippen molar-refractivity contribution in [3.05, 3.63) is 93.3 Å². The number of sulfonamides is 1. The molecule has 5 N–H and O–H groups in total. The highest BCUT2D eigenvalue weighted by atomic mass is 35.5. The Bertz CT molecular complexity index is 2900. The molecule has 4 aliphatic rings. The summed E-state index contributed by atoms with van der Waals surface area (Å²) in [6, 6.07) is 18.4. The van der Waals surface area contributed by atoms with E-state index in [1.54, 1.807) is 76.7 Å². The number of carbonyl (C=O) groups excluding carboxylic acids is 4. The van der Waals surface area contributed by atoms with Gasteiger partial charge in [0, 0.05) is 66.5 Å². The molecule has 3 saturated heterocycles. The molecule has 0 radical (unpaired) electrons. The number of carboxylic acids is 2. The van der Waals surface area contributed by atoms with Crippen LogP contribution in [0.5, 0.6) is 5.75 Å². The number of nitrogens with one attached hydrogen (secondary N) is 3. The molecule has 4 amide bonds. The second kappa shape index (κ2) is 21.1. The zero-order valence-corrected chi connectivity index (χ0v) is 41.6. The number of hydrogen-bond acceptors (Lipinski definition) is 13. The average molecular weight is 1030 g/mol. The molecule has 3 fully saturated rings. The van der Waals surface area contributed by atoms with Crippen molar-refractivity contribution in [3.63, 3.8) is 0 Å². The number of carboxylic acid groups (broad SMARTS) is 2. The Morgan fingerprint density at radius 2 is 1.76 bits per heavy atom. The first-order valence-electron chi connectivity index (χ1n) is 23.1. The van der Waals surface area contributed by atoms with Crippen LogP contribution in [-0.4, -0.2) is 138 Å². The number of aliphatic imine (C=N–C) groups is 1. The molecule has 3 aromatic carbocycles. The monoisotopic (exact) mass is 1030 g/mol. The van der Waals surface area contributed by atoms with Gasteiger partial charge in [0.2, 0.25) is 27.7 Å². The van der Waals surface area contributed by atoms with Gasteiger partial charge < -0.3 is 45.4 Å². The van der Waals surface area contributed by atoms with Crippen molar-refractivity contribution >= 4 is 91.8 Å². The number of aliphatic carboxylic acids is 1. The van der Waals surface area contributed by atoms with E-state index in [1.165, 1.54) is 4.31 Å². The molecule has 0 bridgehead atoms. The summed E-state index contributed by atoms with van der Waals surface area (Å²) in [5.74, 6) is -4.12. The van der Waals surface area contributed by atoms with Crippen molar-refractivity contribution in [3.8, 4) is 16.2 Å². The van der Waals surface area contributed by atoms with Crippen molar-refractivity contribution in [1.82, 2.24) is 19.4 Å². The number of nitrogens with zero attached hydrogens (tertiary/aromatic N) is 4. The first kappa shape index (κ1) is 51.0. The first-order chi connectivity index (χ1) is 33.8. The Kier molecular flexibility index (Phi) is 15.2. The van der Waals surface area contributed by atoms with Crippen LogP contribution >= 0.6 is 22.9 Å². The maximum atomic E-state index is 13.9. The van der Waals surface area contributed by atoms with Crippen LogP contribution in [0.15, 0.2) is 71.7 Å². The van der Waals surface area contributed by atoms with E-state index in [1.807, 2.05) is 26.8 Å². The zero-order valence-electron chi connectivity index (χ0n) is 39.2. The highest BCUT2D eigenvalue weighted by Gasteiger charge is 2.42. The molecule has 3 atom stereocenters. The van der Waals surface area contributed by atoms with Gasteiger partial charge in [0.15, 0.2) is 17.2 Å². The van der Waals surface area contributed by atoms with Gasteiger partial charge in [0.05, 0.1) is 29.0 Å². The number of carbonyl (C=O) groups is 6. The SMILES string of the molecule is CC1CCC(N2Cc3c(NCC(=O)N4CC(OCC(=O)Nc5cccc(CS(=O)(=O)N6CCC(/C=N/c7cccc(-c8sc(C(=O)O)c(OCC(=O)O)c8Cl)c7)CC6(C)C)c5)C4)cccc3C2=O)C(=O)N1. The number of rotatable bonds is 18. The molecule has 4 aromatic rings. The molecule has 71 heavy (non-hydrogen) atoms. The fraction of sp³-hybridized carbons (Fsp3) is 0.408. The number of fused-ring (bicyclic) bond motifs is 1. The van der Waals surface area contributed by atoms with Gasteiger partial charge in [-0.1, -0.05) is 41.9 Å². The fourth-order valence-electron chi connectivity index (χ4n) is 9.45. The minimum atomic E-state index is -3.81. The molecule has 376 valence electrons. The summed E-state index contributed by atoms with van der Waals surface area (Å²) in [5.41, 5.74) is 3.17. The lowest BCUT2D eigenvalue weighted by molar-refractivity contribution is -0.145. The third kappa shape index (κ3) is 11.7. The van der Waals surface area contributed by atoms with Crippen molar-refractivity contribution in [1.29, 1.82) is 0 Å². The Morgan fingerprint density at radius 3 is 2.49 bits per heavy atom. The number of amides is 4. The molecule has 5 heterocycles. The fourth-order valence-corrected chi connectivity index (χ4v) is 12.8. The molecule has 8 rings (SSSR count). The second-order valence-corrected chi connectivity index (χ2v) is 22.0. The smallest absolute Gasteiger partial charge is 0.349 e. The highest BCUT2D eigenvalue weighted by Crippen LogP contribution is 2.46. The van der Waals surface area contributed by atoms with E-state index in [9.17, 15) is 42.3 Å².